The highest BCUT2D eigenvalue weighted by atomic mass is 32.2. The standard InChI is InChI=1S/C16H11FN2O3S/c17-15-6-2-1-5-14(15)16-12(11-20)7-9-19(16)23(21,22)13-4-3-8-18-10-13/h1-11H/i1D,2D,5D,6D. The summed E-state index contributed by atoms with van der Waals surface area (Å²) in [5, 5.41) is 0. The maximum atomic E-state index is 14.7. The Morgan fingerprint density at radius 1 is 1.26 bits per heavy atom. The zero-order valence-corrected chi connectivity index (χ0v) is 12.3. The predicted molar refractivity (Wildman–Crippen MR) is 82.0 cm³/mol. The van der Waals surface area contributed by atoms with Crippen LogP contribution in [0.4, 0.5) is 4.39 Å². The molecule has 0 saturated carbocycles. The molecule has 0 unspecified atom stereocenters. The Balaban J connectivity index is 2.41. The van der Waals surface area contributed by atoms with Crippen LogP contribution >= 0.6 is 0 Å². The van der Waals surface area contributed by atoms with Gasteiger partial charge in [0.1, 0.15) is 10.7 Å². The van der Waals surface area contributed by atoms with Gasteiger partial charge < -0.3 is 0 Å². The van der Waals surface area contributed by atoms with Crippen molar-refractivity contribution < 1.29 is 23.1 Å². The summed E-state index contributed by atoms with van der Waals surface area (Å²) in [5.74, 6) is -1.36. The van der Waals surface area contributed by atoms with E-state index >= 15 is 0 Å². The third-order valence-electron chi connectivity index (χ3n) is 3.08. The number of aromatic nitrogens is 2. The van der Waals surface area contributed by atoms with E-state index in [2.05, 4.69) is 4.98 Å². The predicted octanol–water partition coefficient (Wildman–Crippen LogP) is 2.74. The van der Waals surface area contributed by atoms with Crippen LogP contribution in [0.15, 0.2) is 65.9 Å². The molecule has 0 aliphatic rings. The van der Waals surface area contributed by atoms with Gasteiger partial charge in [0.05, 0.1) is 11.2 Å². The number of aldehydes is 1. The highest BCUT2D eigenvalue weighted by molar-refractivity contribution is 7.90. The molecule has 0 atom stereocenters. The Labute approximate surface area is 137 Å². The molecule has 5 nitrogen and oxygen atoms in total. The molecular formula is C16H11FN2O3S. The number of carbonyl (C=O) groups excluding carboxylic acids is 1. The Morgan fingerprint density at radius 2 is 2.04 bits per heavy atom. The van der Waals surface area contributed by atoms with Gasteiger partial charge in [-0.15, -0.1) is 0 Å². The van der Waals surface area contributed by atoms with Crippen LogP contribution in [-0.4, -0.2) is 23.7 Å². The highest BCUT2D eigenvalue weighted by Crippen LogP contribution is 2.29. The van der Waals surface area contributed by atoms with Crippen molar-refractivity contribution in [2.24, 2.45) is 0 Å². The molecule has 0 amide bonds. The number of nitrogens with zero attached hydrogens (tertiary/aromatic N) is 2. The molecule has 0 spiro atoms. The minimum atomic E-state index is -4.30. The second kappa shape index (κ2) is 5.77. The summed E-state index contributed by atoms with van der Waals surface area (Å²) in [6.07, 6.45) is 3.73. The maximum absolute atomic E-state index is 14.7. The van der Waals surface area contributed by atoms with E-state index in [9.17, 15) is 17.6 Å². The first-order valence-electron chi connectivity index (χ1n) is 8.30. The van der Waals surface area contributed by atoms with Crippen molar-refractivity contribution in [1.82, 2.24) is 8.96 Å². The van der Waals surface area contributed by atoms with Gasteiger partial charge >= 0.3 is 0 Å². The molecule has 3 rings (SSSR count). The molecule has 2 aromatic heterocycles. The normalized spacial score (nSPS) is 13.8. The average Bonchev–Trinajstić information content (AvgIpc) is 3.10. The monoisotopic (exact) mass is 334 g/mol. The van der Waals surface area contributed by atoms with Crippen LogP contribution in [0.25, 0.3) is 11.3 Å². The fourth-order valence-electron chi connectivity index (χ4n) is 2.05. The molecular weight excluding hydrogens is 319 g/mol. The van der Waals surface area contributed by atoms with Gasteiger partial charge in [0.2, 0.25) is 0 Å². The number of hydrogen-bond acceptors (Lipinski definition) is 4. The lowest BCUT2D eigenvalue weighted by molar-refractivity contribution is 0.112. The third kappa shape index (κ3) is 2.55. The Bertz CT molecular complexity index is 1140. The van der Waals surface area contributed by atoms with Gasteiger partial charge in [0.25, 0.3) is 10.0 Å². The van der Waals surface area contributed by atoms with Crippen molar-refractivity contribution in [2.45, 2.75) is 4.90 Å². The van der Waals surface area contributed by atoms with Crippen LogP contribution in [0.3, 0.4) is 0 Å². The average molecular weight is 334 g/mol. The molecule has 23 heavy (non-hydrogen) atoms. The van der Waals surface area contributed by atoms with E-state index in [0.29, 0.717) is 3.97 Å². The number of halogens is 1. The quantitative estimate of drug-likeness (QED) is 0.688. The first kappa shape index (κ1) is 10.8. The zero-order valence-electron chi connectivity index (χ0n) is 15.4. The molecule has 2 heterocycles. The summed E-state index contributed by atoms with van der Waals surface area (Å²) < 4.78 is 72.0. The molecule has 0 bridgehead atoms. The Morgan fingerprint density at radius 3 is 2.74 bits per heavy atom. The third-order valence-corrected chi connectivity index (χ3v) is 4.74. The summed E-state index contributed by atoms with van der Waals surface area (Å²) in [6, 6.07) is 0.445. The zero-order chi connectivity index (χ0) is 19.9. The number of rotatable bonds is 4. The van der Waals surface area contributed by atoms with Crippen molar-refractivity contribution in [3.63, 3.8) is 0 Å². The highest BCUT2D eigenvalue weighted by Gasteiger charge is 2.24. The molecule has 3 aromatic rings. The van der Waals surface area contributed by atoms with Crippen molar-refractivity contribution in [3.05, 3.63) is 72.3 Å². The van der Waals surface area contributed by atoms with Gasteiger partial charge in [-0.2, -0.15) is 0 Å². The molecule has 0 saturated heterocycles. The first-order valence-corrected chi connectivity index (χ1v) is 7.74. The lowest BCUT2D eigenvalue weighted by Gasteiger charge is -2.11. The molecule has 7 heteroatoms. The van der Waals surface area contributed by atoms with Crippen LogP contribution in [0, 0.1) is 5.82 Å². The summed E-state index contributed by atoms with van der Waals surface area (Å²) >= 11 is 0. The Hall–Kier alpha value is -2.80. The van der Waals surface area contributed by atoms with Gasteiger partial charge in [-0.1, -0.05) is 12.1 Å². The van der Waals surface area contributed by atoms with Crippen LogP contribution in [0.5, 0.6) is 0 Å². The number of carbonyl (C=O) groups is 1. The molecule has 1 aromatic carbocycles. The van der Waals surface area contributed by atoms with E-state index in [4.69, 9.17) is 5.48 Å². The van der Waals surface area contributed by atoms with E-state index in [1.807, 2.05) is 0 Å². The van der Waals surface area contributed by atoms with E-state index in [-0.39, 0.29) is 16.7 Å². The smallest absolute Gasteiger partial charge is 0.269 e. The van der Waals surface area contributed by atoms with Crippen LogP contribution in [0.1, 0.15) is 15.8 Å². The second-order valence-electron chi connectivity index (χ2n) is 4.42. The lowest BCUT2D eigenvalue weighted by atomic mass is 10.1. The van der Waals surface area contributed by atoms with Crippen LogP contribution in [0.2, 0.25) is 0 Å². The second-order valence-corrected chi connectivity index (χ2v) is 6.23. The number of hydrogen-bond donors (Lipinski definition) is 0. The fraction of sp³-hybridized carbons (Fsp3) is 0. The topological polar surface area (TPSA) is 69.0 Å². The minimum absolute atomic E-state index is 0.236. The SMILES string of the molecule is [2H]c1c([2H])c([2H])c(-c2c(C=O)ccn2S(=O)(=O)c2cccnc2)c(F)c1[2H]. The van der Waals surface area contributed by atoms with E-state index < -0.39 is 51.3 Å². The maximum Gasteiger partial charge on any atom is 0.269 e. The summed E-state index contributed by atoms with van der Waals surface area (Å²) in [6.45, 7) is 0. The molecule has 0 radical (unpaired) electrons. The molecule has 0 aliphatic heterocycles. The van der Waals surface area contributed by atoms with Gasteiger partial charge in [0.15, 0.2) is 6.29 Å². The van der Waals surface area contributed by atoms with Crippen LogP contribution < -0.4 is 0 Å². The van der Waals surface area contributed by atoms with E-state index in [1.54, 1.807) is 0 Å². The lowest BCUT2D eigenvalue weighted by Crippen LogP contribution is -2.14. The van der Waals surface area contributed by atoms with Crippen molar-refractivity contribution in [2.75, 3.05) is 0 Å². The van der Waals surface area contributed by atoms with Crippen molar-refractivity contribution in [3.8, 4) is 11.3 Å². The summed E-state index contributed by atoms with van der Waals surface area (Å²) in [7, 11) is -4.30. The molecule has 116 valence electrons. The largest absolute Gasteiger partial charge is 0.298 e. The van der Waals surface area contributed by atoms with Gasteiger partial charge in [-0.25, -0.2) is 16.8 Å². The minimum Gasteiger partial charge on any atom is -0.298 e. The molecule has 0 fully saturated rings. The summed E-state index contributed by atoms with van der Waals surface area (Å²) in [5.41, 5.74) is -1.44. The molecule has 0 N–H and O–H groups in total. The Kier molecular flexibility index (Phi) is 2.72. The first-order chi connectivity index (χ1) is 12.7. The van der Waals surface area contributed by atoms with Crippen molar-refractivity contribution >= 4 is 16.3 Å². The van der Waals surface area contributed by atoms with Gasteiger partial charge in [-0.05, 0) is 30.3 Å². The van der Waals surface area contributed by atoms with E-state index in [0.717, 1.165) is 18.5 Å². The number of pyridine rings is 1. The molecule has 0 aliphatic carbocycles. The number of benzene rings is 1. The fourth-order valence-corrected chi connectivity index (χ4v) is 3.38. The van der Waals surface area contributed by atoms with Gasteiger partial charge in [-0.3, -0.25) is 9.78 Å². The van der Waals surface area contributed by atoms with Crippen LogP contribution in [-0.2, 0) is 10.0 Å². The van der Waals surface area contributed by atoms with Gasteiger partial charge in [0, 0.05) is 29.7 Å². The summed E-state index contributed by atoms with van der Waals surface area (Å²) in [4.78, 5) is 14.9. The van der Waals surface area contributed by atoms with E-state index in [1.165, 1.54) is 18.3 Å². The van der Waals surface area contributed by atoms with Crippen molar-refractivity contribution in [1.29, 1.82) is 0 Å².